The van der Waals surface area contributed by atoms with E-state index in [0.717, 1.165) is 12.8 Å². The Morgan fingerprint density at radius 2 is 2.26 bits per heavy atom. The number of nitriles is 1. The number of nitrogens with zero attached hydrogens (tertiary/aromatic N) is 2. The molecule has 0 unspecified atom stereocenters. The highest BCUT2D eigenvalue weighted by Gasteiger charge is 2.18. The SMILES string of the molecule is CCCC(C)(C)CNC(=O)c1ccnc(CC#N)c1. The average molecular weight is 259 g/mol. The molecule has 0 bridgehead atoms. The molecule has 0 aliphatic carbocycles. The molecule has 1 aromatic rings. The second kappa shape index (κ2) is 6.89. The zero-order valence-electron chi connectivity index (χ0n) is 11.9. The summed E-state index contributed by atoms with van der Waals surface area (Å²) >= 11 is 0. The van der Waals surface area contributed by atoms with Gasteiger partial charge in [-0.2, -0.15) is 5.26 Å². The van der Waals surface area contributed by atoms with E-state index in [1.165, 1.54) is 0 Å². The number of pyridine rings is 1. The number of aromatic nitrogens is 1. The number of carbonyl (C=O) groups is 1. The van der Waals surface area contributed by atoms with Gasteiger partial charge in [0.05, 0.1) is 18.2 Å². The highest BCUT2D eigenvalue weighted by Crippen LogP contribution is 2.20. The molecular formula is C15H21N3O. The zero-order valence-corrected chi connectivity index (χ0v) is 11.9. The summed E-state index contributed by atoms with van der Waals surface area (Å²) in [7, 11) is 0. The van der Waals surface area contributed by atoms with Gasteiger partial charge in [0.2, 0.25) is 0 Å². The van der Waals surface area contributed by atoms with Crippen molar-refractivity contribution in [2.75, 3.05) is 6.54 Å². The van der Waals surface area contributed by atoms with Gasteiger partial charge in [0.1, 0.15) is 0 Å². The van der Waals surface area contributed by atoms with E-state index in [4.69, 9.17) is 5.26 Å². The van der Waals surface area contributed by atoms with Crippen molar-refractivity contribution in [3.05, 3.63) is 29.6 Å². The second-order valence-corrected chi connectivity index (χ2v) is 5.47. The van der Waals surface area contributed by atoms with Gasteiger partial charge in [-0.25, -0.2) is 0 Å². The summed E-state index contributed by atoms with van der Waals surface area (Å²) < 4.78 is 0. The minimum Gasteiger partial charge on any atom is -0.352 e. The molecule has 0 aliphatic heterocycles. The maximum absolute atomic E-state index is 12.0. The van der Waals surface area contributed by atoms with Gasteiger partial charge in [-0.15, -0.1) is 0 Å². The monoisotopic (exact) mass is 259 g/mol. The average Bonchev–Trinajstić information content (AvgIpc) is 2.37. The van der Waals surface area contributed by atoms with Crippen molar-refractivity contribution < 1.29 is 4.79 Å². The fourth-order valence-electron chi connectivity index (χ4n) is 1.98. The molecule has 0 aliphatic rings. The van der Waals surface area contributed by atoms with Crippen molar-refractivity contribution >= 4 is 5.91 Å². The lowest BCUT2D eigenvalue weighted by Crippen LogP contribution is -2.34. The first kappa shape index (κ1) is 15.2. The molecular weight excluding hydrogens is 238 g/mol. The first-order chi connectivity index (χ1) is 8.98. The number of hydrogen-bond acceptors (Lipinski definition) is 3. The molecule has 0 aromatic carbocycles. The molecule has 4 heteroatoms. The topological polar surface area (TPSA) is 65.8 Å². The van der Waals surface area contributed by atoms with Crippen LogP contribution in [-0.2, 0) is 6.42 Å². The third-order valence-corrected chi connectivity index (χ3v) is 2.99. The summed E-state index contributed by atoms with van der Waals surface area (Å²) in [6.45, 7) is 7.07. The van der Waals surface area contributed by atoms with E-state index < -0.39 is 0 Å². The van der Waals surface area contributed by atoms with Gasteiger partial charge in [0.25, 0.3) is 5.91 Å². The smallest absolute Gasteiger partial charge is 0.251 e. The van der Waals surface area contributed by atoms with Crippen LogP contribution in [0.1, 0.15) is 49.7 Å². The van der Waals surface area contributed by atoms with Crippen LogP contribution in [0.15, 0.2) is 18.3 Å². The molecule has 1 amide bonds. The van der Waals surface area contributed by atoms with Crippen LogP contribution >= 0.6 is 0 Å². The maximum Gasteiger partial charge on any atom is 0.251 e. The number of carbonyl (C=O) groups excluding carboxylic acids is 1. The van der Waals surface area contributed by atoms with Gasteiger partial charge < -0.3 is 5.32 Å². The van der Waals surface area contributed by atoms with Crippen LogP contribution in [0.3, 0.4) is 0 Å². The van der Waals surface area contributed by atoms with Crippen molar-refractivity contribution in [2.24, 2.45) is 5.41 Å². The normalized spacial score (nSPS) is 10.8. The van der Waals surface area contributed by atoms with Crippen LogP contribution in [0.25, 0.3) is 0 Å². The Morgan fingerprint density at radius 1 is 1.53 bits per heavy atom. The largest absolute Gasteiger partial charge is 0.352 e. The summed E-state index contributed by atoms with van der Waals surface area (Å²) in [4.78, 5) is 16.1. The Hall–Kier alpha value is -1.89. The molecule has 102 valence electrons. The van der Waals surface area contributed by atoms with Crippen LogP contribution in [0.5, 0.6) is 0 Å². The summed E-state index contributed by atoms with van der Waals surface area (Å²) in [5.74, 6) is -0.106. The summed E-state index contributed by atoms with van der Waals surface area (Å²) in [5, 5.41) is 11.6. The molecule has 19 heavy (non-hydrogen) atoms. The minimum atomic E-state index is -0.106. The number of amides is 1. The van der Waals surface area contributed by atoms with Gasteiger partial charge in [0.15, 0.2) is 0 Å². The Bertz CT molecular complexity index is 475. The van der Waals surface area contributed by atoms with Crippen LogP contribution in [-0.4, -0.2) is 17.4 Å². The fraction of sp³-hybridized carbons (Fsp3) is 0.533. The third kappa shape index (κ3) is 5.09. The molecule has 1 N–H and O–H groups in total. The van der Waals surface area contributed by atoms with Gasteiger partial charge in [0, 0.05) is 18.3 Å². The molecule has 1 heterocycles. The fourth-order valence-corrected chi connectivity index (χ4v) is 1.98. The molecule has 0 saturated carbocycles. The van der Waals surface area contributed by atoms with Crippen LogP contribution < -0.4 is 5.32 Å². The summed E-state index contributed by atoms with van der Waals surface area (Å²) in [6, 6.07) is 5.37. The summed E-state index contributed by atoms with van der Waals surface area (Å²) in [5.41, 5.74) is 1.29. The maximum atomic E-state index is 12.0. The van der Waals surface area contributed by atoms with E-state index in [1.54, 1.807) is 18.3 Å². The van der Waals surface area contributed by atoms with Crippen LogP contribution in [0.4, 0.5) is 0 Å². The molecule has 0 spiro atoms. The van der Waals surface area contributed by atoms with E-state index >= 15 is 0 Å². The standard InChI is InChI=1S/C15H21N3O/c1-4-7-15(2,3)11-18-14(19)12-6-9-17-13(10-12)5-8-16/h6,9-10H,4-5,7,11H2,1-3H3,(H,18,19). The quantitative estimate of drug-likeness (QED) is 0.854. The predicted octanol–water partition coefficient (Wildman–Crippen LogP) is 2.70. The second-order valence-electron chi connectivity index (χ2n) is 5.47. The van der Waals surface area contributed by atoms with Gasteiger partial charge in [-0.05, 0) is 24.0 Å². The first-order valence-corrected chi connectivity index (χ1v) is 6.58. The zero-order chi connectivity index (χ0) is 14.3. The van der Waals surface area contributed by atoms with Gasteiger partial charge in [-0.1, -0.05) is 27.2 Å². The molecule has 0 atom stereocenters. The first-order valence-electron chi connectivity index (χ1n) is 6.58. The molecule has 1 rings (SSSR count). The number of hydrogen-bond donors (Lipinski definition) is 1. The summed E-state index contributed by atoms with van der Waals surface area (Å²) in [6.07, 6.45) is 3.97. The lowest BCUT2D eigenvalue weighted by atomic mass is 9.88. The van der Waals surface area contributed by atoms with Gasteiger partial charge >= 0.3 is 0 Å². The third-order valence-electron chi connectivity index (χ3n) is 2.99. The lowest BCUT2D eigenvalue weighted by Gasteiger charge is -2.24. The van der Waals surface area contributed by atoms with E-state index in [9.17, 15) is 4.79 Å². The van der Waals surface area contributed by atoms with Crippen molar-refractivity contribution in [3.8, 4) is 6.07 Å². The number of nitrogens with one attached hydrogen (secondary N) is 1. The van der Waals surface area contributed by atoms with Crippen molar-refractivity contribution in [1.29, 1.82) is 5.26 Å². The molecule has 0 saturated heterocycles. The highest BCUT2D eigenvalue weighted by atomic mass is 16.1. The Balaban J connectivity index is 2.63. The van der Waals surface area contributed by atoms with Crippen molar-refractivity contribution in [1.82, 2.24) is 10.3 Å². The Morgan fingerprint density at radius 3 is 2.89 bits per heavy atom. The van der Waals surface area contributed by atoms with E-state index in [2.05, 4.69) is 31.1 Å². The van der Waals surface area contributed by atoms with Crippen molar-refractivity contribution in [2.45, 2.75) is 40.0 Å². The van der Waals surface area contributed by atoms with E-state index in [0.29, 0.717) is 17.8 Å². The van der Waals surface area contributed by atoms with Gasteiger partial charge in [-0.3, -0.25) is 9.78 Å². The molecule has 4 nitrogen and oxygen atoms in total. The Labute approximate surface area is 114 Å². The van der Waals surface area contributed by atoms with E-state index in [-0.39, 0.29) is 17.7 Å². The molecule has 0 radical (unpaired) electrons. The van der Waals surface area contributed by atoms with E-state index in [1.807, 2.05) is 6.07 Å². The predicted molar refractivity (Wildman–Crippen MR) is 74.6 cm³/mol. The molecule has 0 fully saturated rings. The van der Waals surface area contributed by atoms with Crippen LogP contribution in [0, 0.1) is 16.7 Å². The number of rotatable bonds is 6. The highest BCUT2D eigenvalue weighted by molar-refractivity contribution is 5.94. The Kier molecular flexibility index (Phi) is 5.50. The van der Waals surface area contributed by atoms with Crippen LogP contribution in [0.2, 0.25) is 0 Å². The molecule has 1 aromatic heterocycles. The lowest BCUT2D eigenvalue weighted by molar-refractivity contribution is 0.0934. The van der Waals surface area contributed by atoms with Crippen molar-refractivity contribution in [3.63, 3.8) is 0 Å². The minimum absolute atomic E-state index is 0.104.